The number of methoxy groups -OCH3 is 1. The lowest BCUT2D eigenvalue weighted by molar-refractivity contribution is -0.121. The van der Waals surface area contributed by atoms with E-state index in [-0.39, 0.29) is 22.8 Å². The summed E-state index contributed by atoms with van der Waals surface area (Å²) in [7, 11) is -2.15. The Labute approximate surface area is 153 Å². The predicted octanol–water partition coefficient (Wildman–Crippen LogP) is 3.18. The van der Waals surface area contributed by atoms with Crippen LogP contribution in [0, 0.1) is 12.7 Å². The highest BCUT2D eigenvalue weighted by atomic mass is 32.2. The summed E-state index contributed by atoms with van der Waals surface area (Å²) >= 11 is 0. The number of sulfone groups is 1. The number of ether oxygens (including phenoxy) is 1. The number of hydrogen-bond acceptors (Lipinski definition) is 4. The molecule has 2 aromatic carbocycles. The van der Waals surface area contributed by atoms with Crippen molar-refractivity contribution in [3.63, 3.8) is 0 Å². The zero-order valence-electron chi connectivity index (χ0n) is 15.0. The first-order valence-electron chi connectivity index (χ1n) is 8.15. The quantitative estimate of drug-likeness (QED) is 0.802. The molecule has 26 heavy (non-hydrogen) atoms. The van der Waals surface area contributed by atoms with Crippen molar-refractivity contribution in [2.24, 2.45) is 0 Å². The van der Waals surface area contributed by atoms with Gasteiger partial charge in [-0.05, 0) is 43.7 Å². The molecule has 0 aliphatic carbocycles. The molecule has 0 aliphatic heterocycles. The fraction of sp³-hybridized carbons (Fsp3) is 0.316. The number of aryl methyl sites for hydroxylation is 1. The van der Waals surface area contributed by atoms with Crippen LogP contribution in [-0.2, 0) is 14.6 Å². The van der Waals surface area contributed by atoms with Crippen LogP contribution in [0.25, 0.3) is 0 Å². The third-order valence-electron chi connectivity index (χ3n) is 4.03. The largest absolute Gasteiger partial charge is 0.494 e. The molecule has 0 saturated heterocycles. The molecular weight excluding hydrogens is 357 g/mol. The van der Waals surface area contributed by atoms with Crippen LogP contribution in [0.3, 0.4) is 0 Å². The summed E-state index contributed by atoms with van der Waals surface area (Å²) in [5.41, 5.74) is 1.53. The van der Waals surface area contributed by atoms with E-state index in [1.165, 1.54) is 31.4 Å². The lowest BCUT2D eigenvalue weighted by atomic mass is 10.1. The van der Waals surface area contributed by atoms with Crippen LogP contribution in [-0.4, -0.2) is 27.2 Å². The maximum atomic E-state index is 13.8. The van der Waals surface area contributed by atoms with Gasteiger partial charge in [0, 0.05) is 6.42 Å². The monoisotopic (exact) mass is 379 g/mol. The smallest absolute Gasteiger partial charge is 0.221 e. The summed E-state index contributed by atoms with van der Waals surface area (Å²) in [4.78, 5) is 12.3. The van der Waals surface area contributed by atoms with E-state index in [9.17, 15) is 17.6 Å². The molecule has 0 fully saturated rings. The summed E-state index contributed by atoms with van der Waals surface area (Å²) < 4.78 is 43.2. The second-order valence-electron chi connectivity index (χ2n) is 6.07. The molecule has 7 heteroatoms. The van der Waals surface area contributed by atoms with E-state index in [4.69, 9.17) is 4.74 Å². The normalized spacial score (nSPS) is 12.5. The Morgan fingerprint density at radius 2 is 1.85 bits per heavy atom. The van der Waals surface area contributed by atoms with E-state index in [0.717, 1.165) is 5.56 Å². The highest BCUT2D eigenvalue weighted by Crippen LogP contribution is 2.22. The van der Waals surface area contributed by atoms with E-state index in [1.807, 2.05) is 6.92 Å². The highest BCUT2D eigenvalue weighted by molar-refractivity contribution is 7.91. The van der Waals surface area contributed by atoms with Crippen LogP contribution in [0.4, 0.5) is 4.39 Å². The van der Waals surface area contributed by atoms with Gasteiger partial charge in [-0.15, -0.1) is 0 Å². The average Bonchev–Trinajstić information content (AvgIpc) is 2.60. The van der Waals surface area contributed by atoms with Crippen LogP contribution in [0.5, 0.6) is 5.75 Å². The summed E-state index contributed by atoms with van der Waals surface area (Å²) in [5.74, 6) is -1.10. The van der Waals surface area contributed by atoms with Crippen LogP contribution in [0.15, 0.2) is 47.4 Å². The van der Waals surface area contributed by atoms with E-state index in [0.29, 0.717) is 5.56 Å². The SMILES string of the molecule is COc1ccc([C@@H](C)NC(=O)CCS(=O)(=O)c2ccc(C)cc2)cc1F. The van der Waals surface area contributed by atoms with Gasteiger partial charge in [0.25, 0.3) is 0 Å². The molecule has 0 spiro atoms. The van der Waals surface area contributed by atoms with E-state index < -0.39 is 27.6 Å². The first-order chi connectivity index (χ1) is 12.2. The average molecular weight is 379 g/mol. The summed E-state index contributed by atoms with van der Waals surface area (Å²) in [6, 6.07) is 10.5. The van der Waals surface area contributed by atoms with Crippen molar-refractivity contribution in [3.05, 3.63) is 59.4 Å². The van der Waals surface area contributed by atoms with E-state index in [1.54, 1.807) is 25.1 Å². The van der Waals surface area contributed by atoms with E-state index in [2.05, 4.69) is 5.32 Å². The van der Waals surface area contributed by atoms with Crippen molar-refractivity contribution in [2.45, 2.75) is 31.2 Å². The topological polar surface area (TPSA) is 72.5 Å². The van der Waals surface area contributed by atoms with Gasteiger partial charge in [-0.2, -0.15) is 0 Å². The van der Waals surface area contributed by atoms with Gasteiger partial charge in [0.1, 0.15) is 0 Å². The van der Waals surface area contributed by atoms with Gasteiger partial charge in [0.05, 0.1) is 23.8 Å². The molecule has 0 saturated carbocycles. The molecule has 0 heterocycles. The highest BCUT2D eigenvalue weighted by Gasteiger charge is 2.18. The van der Waals surface area contributed by atoms with Crippen molar-refractivity contribution in [3.8, 4) is 5.75 Å². The summed E-state index contributed by atoms with van der Waals surface area (Å²) in [6.07, 6.45) is -0.167. The van der Waals surface area contributed by atoms with Gasteiger partial charge in [0.15, 0.2) is 21.4 Å². The number of hydrogen-bond donors (Lipinski definition) is 1. The van der Waals surface area contributed by atoms with Gasteiger partial charge in [-0.3, -0.25) is 4.79 Å². The van der Waals surface area contributed by atoms with Crippen molar-refractivity contribution >= 4 is 15.7 Å². The number of nitrogens with one attached hydrogen (secondary N) is 1. The van der Waals surface area contributed by atoms with Crippen molar-refractivity contribution in [1.82, 2.24) is 5.32 Å². The third-order valence-corrected chi connectivity index (χ3v) is 5.76. The number of rotatable bonds is 7. The fourth-order valence-electron chi connectivity index (χ4n) is 2.44. The standard InChI is InChI=1S/C19H22FNO4S/c1-13-4-7-16(8-5-13)26(23,24)11-10-19(22)21-14(2)15-6-9-18(25-3)17(20)12-15/h4-9,12,14H,10-11H2,1-3H3,(H,21,22)/t14-/m1/s1. The summed E-state index contributed by atoms with van der Waals surface area (Å²) in [6.45, 7) is 3.57. The molecule has 2 rings (SSSR count). The van der Waals surface area contributed by atoms with E-state index >= 15 is 0 Å². The molecular formula is C19H22FNO4S. The predicted molar refractivity (Wildman–Crippen MR) is 97.4 cm³/mol. The number of carbonyl (C=O) groups excluding carboxylic acids is 1. The van der Waals surface area contributed by atoms with Gasteiger partial charge in [-0.25, -0.2) is 12.8 Å². The number of benzene rings is 2. The van der Waals surface area contributed by atoms with Crippen molar-refractivity contribution in [2.75, 3.05) is 12.9 Å². The Hall–Kier alpha value is -2.41. The Balaban J connectivity index is 1.95. The molecule has 0 aromatic heterocycles. The van der Waals surface area contributed by atoms with Gasteiger partial charge < -0.3 is 10.1 Å². The van der Waals surface area contributed by atoms with Crippen molar-refractivity contribution in [1.29, 1.82) is 0 Å². The van der Waals surface area contributed by atoms with Crippen LogP contribution < -0.4 is 10.1 Å². The third kappa shape index (κ3) is 5.05. The Bertz CT molecular complexity index is 879. The molecule has 0 unspecified atom stereocenters. The van der Waals surface area contributed by atoms with Gasteiger partial charge in [-0.1, -0.05) is 23.8 Å². The summed E-state index contributed by atoms with van der Waals surface area (Å²) in [5, 5.41) is 2.68. The molecule has 1 amide bonds. The number of carbonyl (C=O) groups is 1. The fourth-order valence-corrected chi connectivity index (χ4v) is 3.68. The zero-order valence-corrected chi connectivity index (χ0v) is 15.8. The molecule has 0 bridgehead atoms. The van der Waals surface area contributed by atoms with Crippen LogP contribution in [0.2, 0.25) is 0 Å². The molecule has 0 radical (unpaired) electrons. The zero-order chi connectivity index (χ0) is 19.3. The second kappa shape index (κ2) is 8.31. The lowest BCUT2D eigenvalue weighted by Crippen LogP contribution is -2.28. The number of amides is 1. The minimum absolute atomic E-state index is 0.122. The van der Waals surface area contributed by atoms with Crippen LogP contribution >= 0.6 is 0 Å². The maximum absolute atomic E-state index is 13.8. The van der Waals surface area contributed by atoms with Crippen LogP contribution in [0.1, 0.15) is 30.5 Å². The molecule has 2 aromatic rings. The molecule has 1 atom stereocenters. The second-order valence-corrected chi connectivity index (χ2v) is 8.17. The number of halogens is 1. The first-order valence-corrected chi connectivity index (χ1v) is 9.80. The van der Waals surface area contributed by atoms with Crippen molar-refractivity contribution < 1.29 is 22.3 Å². The Kier molecular flexibility index (Phi) is 6.37. The minimum Gasteiger partial charge on any atom is -0.494 e. The molecule has 5 nitrogen and oxygen atoms in total. The first kappa shape index (κ1) is 19.9. The van der Waals surface area contributed by atoms with Gasteiger partial charge in [0.2, 0.25) is 5.91 Å². The lowest BCUT2D eigenvalue weighted by Gasteiger charge is -2.15. The molecule has 0 aliphatic rings. The maximum Gasteiger partial charge on any atom is 0.221 e. The molecule has 140 valence electrons. The minimum atomic E-state index is -3.53. The van der Waals surface area contributed by atoms with Gasteiger partial charge >= 0.3 is 0 Å². The molecule has 1 N–H and O–H groups in total. The Morgan fingerprint density at radius 3 is 2.42 bits per heavy atom. The Morgan fingerprint density at radius 1 is 1.19 bits per heavy atom.